The minimum atomic E-state index is -0.364. The van der Waals surface area contributed by atoms with Crippen LogP contribution < -0.4 is 5.46 Å². The van der Waals surface area contributed by atoms with Crippen LogP contribution in [0.15, 0.2) is 364 Å². The summed E-state index contributed by atoms with van der Waals surface area (Å²) in [5.41, 5.74) is 25.8. The molecule has 20 aromatic rings. The van der Waals surface area contributed by atoms with Crippen molar-refractivity contribution in [1.29, 1.82) is 0 Å². The summed E-state index contributed by atoms with van der Waals surface area (Å²) in [5, 5.41) is 10.2. The molecular weight excluding hydrogens is 1590 g/mol. The van der Waals surface area contributed by atoms with Crippen molar-refractivity contribution in [2.75, 3.05) is 0 Å². The lowest BCUT2D eigenvalue weighted by Crippen LogP contribution is -2.41. The van der Waals surface area contributed by atoms with Crippen LogP contribution in [0.4, 0.5) is 0 Å². The molecule has 0 bridgehead atoms. The fraction of sp³-hybridized carbons (Fsp3) is 0.0693. The van der Waals surface area contributed by atoms with Crippen molar-refractivity contribution in [3.63, 3.8) is 0 Å². The van der Waals surface area contributed by atoms with E-state index < -0.39 is 0 Å². The zero-order chi connectivity index (χ0) is 74.0. The predicted molar refractivity (Wildman–Crippen MR) is 491 cm³/mol. The molecule has 0 unspecified atom stereocenters. The Balaban J connectivity index is 0.000000128. The summed E-state index contributed by atoms with van der Waals surface area (Å²) in [4.78, 5) is 17.1. The minimum absolute atomic E-state index is 0. The molecule has 1 aliphatic rings. The Bertz CT molecular complexity index is 6820. The highest BCUT2D eigenvalue weighted by Gasteiger charge is 2.51. The molecule has 0 spiro atoms. The molecule has 8 nitrogen and oxygen atoms in total. The summed E-state index contributed by atoms with van der Waals surface area (Å²) in [6, 6.07) is 129. The van der Waals surface area contributed by atoms with E-state index in [-0.39, 0.29) is 49.7 Å². The van der Waals surface area contributed by atoms with E-state index in [2.05, 4.69) is 415 Å². The van der Waals surface area contributed by atoms with Gasteiger partial charge in [0.05, 0.1) is 33.3 Å². The van der Waals surface area contributed by atoms with Crippen molar-refractivity contribution < 1.29 is 9.31 Å². The fourth-order valence-electron chi connectivity index (χ4n) is 15.8. The number of hydrogen-bond donors (Lipinski definition) is 2. The van der Waals surface area contributed by atoms with Crippen LogP contribution >= 0.6 is 46.6 Å². The molecule has 5 heterocycles. The second-order valence-electron chi connectivity index (χ2n) is 29.3. The number of fused-ring (bicyclic) bond motifs is 10. The number of aromatic nitrogens is 6. The van der Waals surface area contributed by atoms with E-state index in [1.54, 1.807) is 0 Å². The SMILES string of the molecule is C.CC1(C)OB(c2ccc(-c3nc4ccccc4n3-c3ccccc3)cc2)OC1(C)C.I.Ic1cccc2cccc(-c3ccc(-c4ccc5[nH]c6ccccc6c5c4)cc3)c12.c1ccc(-n2c(-c3ccc(-c4cccc5cccc(-c6ccc(-c7ccc8[nH]c9ccccc9c8c7)cc6)c45)cc3)nc3ccccc32)cc1. The third-order valence-electron chi connectivity index (χ3n) is 22.1. The van der Waals surface area contributed by atoms with Crippen LogP contribution in [0.5, 0.6) is 0 Å². The van der Waals surface area contributed by atoms with E-state index in [9.17, 15) is 0 Å². The van der Waals surface area contributed by atoms with Gasteiger partial charge in [-0.1, -0.05) is 280 Å². The molecule has 1 aliphatic heterocycles. The highest BCUT2D eigenvalue weighted by molar-refractivity contribution is 14.1. The van der Waals surface area contributed by atoms with Gasteiger partial charge in [0.1, 0.15) is 11.6 Å². The van der Waals surface area contributed by atoms with Gasteiger partial charge < -0.3 is 19.3 Å². The molecule has 0 aliphatic carbocycles. The molecule has 542 valence electrons. The number of nitrogens with one attached hydrogen (secondary N) is 2. The summed E-state index contributed by atoms with van der Waals surface area (Å²) in [5.74, 6) is 1.86. The third-order valence-corrected chi connectivity index (χ3v) is 23.0. The van der Waals surface area contributed by atoms with Crippen LogP contribution in [-0.4, -0.2) is 47.4 Å². The lowest BCUT2D eigenvalue weighted by Gasteiger charge is -2.32. The molecule has 1 fully saturated rings. The standard InChI is InChI=1S/C47H31N3.C28H18IN.C25H25BN2O2.CH4.HI/c1-2-12-37(13-3-1)50-45-19-7-6-18-44(45)49-47(50)35-26-24-33(25-27-35)39-16-9-11-34-10-8-15-38(46(34)39)32-22-20-31(21-23-32)36-28-29-43-41(30-36)40-14-4-5-17-42(40)48-43;29-25-9-4-6-20-5-3-8-22(28(20)25)19-13-11-18(12-14-19)21-15-16-27-24(17-21)23-7-1-2-10-26(23)30-27;1-24(2)25(3,4)30-26(29-24)19-16-14-18(15-17-19)23-27-21-12-8-9-13-22(21)28(23)20-10-6-5-7-11-20;;/h1-30,48H;1-17,30H;5-17H,1-4H3;1H4;1H. The van der Waals surface area contributed by atoms with Gasteiger partial charge in [0.25, 0.3) is 0 Å². The molecule has 11 heteroatoms. The fourth-order valence-corrected chi connectivity index (χ4v) is 16.6. The quantitative estimate of drug-likeness (QED) is 0.106. The molecular formula is C101H79BI2N6O2. The highest BCUT2D eigenvalue weighted by atomic mass is 127. The average molecular weight is 1670 g/mol. The van der Waals surface area contributed by atoms with Gasteiger partial charge in [-0.15, -0.1) is 24.0 Å². The van der Waals surface area contributed by atoms with E-state index in [1.165, 1.54) is 119 Å². The molecule has 2 N–H and O–H groups in total. The van der Waals surface area contributed by atoms with E-state index in [1.807, 2.05) is 18.2 Å². The first-order chi connectivity index (χ1) is 53.9. The van der Waals surface area contributed by atoms with E-state index >= 15 is 0 Å². The summed E-state index contributed by atoms with van der Waals surface area (Å²) < 4.78 is 18.1. The monoisotopic (exact) mass is 1670 g/mol. The smallest absolute Gasteiger partial charge is 0.399 e. The molecule has 0 saturated carbocycles. The minimum Gasteiger partial charge on any atom is -0.399 e. The Morgan fingerprint density at radius 2 is 0.652 bits per heavy atom. The van der Waals surface area contributed by atoms with Gasteiger partial charge in [-0.05, 0) is 219 Å². The van der Waals surface area contributed by atoms with Crippen molar-refractivity contribution in [2.45, 2.75) is 46.3 Å². The normalized spacial score (nSPS) is 13.0. The Morgan fingerprint density at radius 1 is 0.312 bits per heavy atom. The summed E-state index contributed by atoms with van der Waals surface area (Å²) in [6.07, 6.45) is 0. The summed E-state index contributed by atoms with van der Waals surface area (Å²) in [6.45, 7) is 8.29. The van der Waals surface area contributed by atoms with E-state index in [0.29, 0.717) is 0 Å². The van der Waals surface area contributed by atoms with Gasteiger partial charge >= 0.3 is 7.12 Å². The second-order valence-corrected chi connectivity index (χ2v) is 30.5. The van der Waals surface area contributed by atoms with Crippen LogP contribution in [0, 0.1) is 3.57 Å². The number of imidazole rings is 2. The highest BCUT2D eigenvalue weighted by Crippen LogP contribution is 2.42. The Kier molecular flexibility index (Phi) is 19.8. The number of rotatable bonds is 10. The maximum Gasteiger partial charge on any atom is 0.494 e. The van der Waals surface area contributed by atoms with Crippen molar-refractivity contribution in [3.8, 4) is 89.8 Å². The lowest BCUT2D eigenvalue weighted by molar-refractivity contribution is 0.00578. The first-order valence-electron chi connectivity index (χ1n) is 37.5. The van der Waals surface area contributed by atoms with Crippen LogP contribution in [-0.2, 0) is 9.31 Å². The van der Waals surface area contributed by atoms with Gasteiger partial charge in [-0.3, -0.25) is 9.13 Å². The van der Waals surface area contributed by atoms with Gasteiger partial charge in [-0.2, -0.15) is 0 Å². The molecule has 4 aromatic heterocycles. The van der Waals surface area contributed by atoms with Gasteiger partial charge in [0, 0.05) is 75.1 Å². The van der Waals surface area contributed by atoms with Gasteiger partial charge in [-0.25, -0.2) is 9.97 Å². The zero-order valence-electron chi connectivity index (χ0n) is 61.6. The molecule has 0 radical (unpaired) electrons. The first kappa shape index (κ1) is 72.9. The van der Waals surface area contributed by atoms with Crippen LogP contribution in [0.25, 0.3) is 177 Å². The number of para-hydroxylation sites is 8. The van der Waals surface area contributed by atoms with Crippen molar-refractivity contribution in [1.82, 2.24) is 29.1 Å². The topological polar surface area (TPSA) is 85.7 Å². The summed E-state index contributed by atoms with van der Waals surface area (Å²) in [7, 11) is -0.364. The van der Waals surface area contributed by atoms with Crippen LogP contribution in [0.2, 0.25) is 0 Å². The first-order valence-corrected chi connectivity index (χ1v) is 38.5. The second kappa shape index (κ2) is 30.4. The average Bonchev–Trinajstić information content (AvgIpc) is 1.22. The molecule has 21 rings (SSSR count). The Morgan fingerprint density at radius 3 is 1.10 bits per heavy atom. The van der Waals surface area contributed by atoms with Crippen molar-refractivity contribution in [2.24, 2.45) is 0 Å². The molecule has 112 heavy (non-hydrogen) atoms. The van der Waals surface area contributed by atoms with Crippen LogP contribution in [0.3, 0.4) is 0 Å². The zero-order valence-corrected chi connectivity index (χ0v) is 66.1. The van der Waals surface area contributed by atoms with E-state index in [4.69, 9.17) is 19.3 Å². The van der Waals surface area contributed by atoms with Crippen molar-refractivity contribution in [3.05, 3.63) is 368 Å². The van der Waals surface area contributed by atoms with Gasteiger partial charge in [0.15, 0.2) is 0 Å². The molecule has 1 saturated heterocycles. The third kappa shape index (κ3) is 13.5. The molecule has 0 atom stereocenters. The lowest BCUT2D eigenvalue weighted by atomic mass is 9.79. The molecule has 16 aromatic carbocycles. The van der Waals surface area contributed by atoms with E-state index in [0.717, 1.165) is 67.2 Å². The number of halogens is 2. The number of aromatic amines is 2. The largest absolute Gasteiger partial charge is 0.494 e. The predicted octanol–water partition coefficient (Wildman–Crippen LogP) is 27.1. The Labute approximate surface area is 682 Å². The molecule has 0 amide bonds. The number of nitrogens with zero attached hydrogens (tertiary/aromatic N) is 4. The summed E-state index contributed by atoms with van der Waals surface area (Å²) >= 11 is 2.44. The number of H-pyrrole nitrogens is 2. The van der Waals surface area contributed by atoms with Crippen LogP contribution in [0.1, 0.15) is 35.1 Å². The maximum absolute atomic E-state index is 6.19. The number of benzene rings is 16. The Hall–Kier alpha value is -12.0. The van der Waals surface area contributed by atoms with Crippen molar-refractivity contribution >= 4 is 146 Å². The maximum atomic E-state index is 6.19. The van der Waals surface area contributed by atoms with Gasteiger partial charge in [0.2, 0.25) is 0 Å². The number of hydrogen-bond acceptors (Lipinski definition) is 4.